The Bertz CT molecular complexity index is 754. The summed E-state index contributed by atoms with van der Waals surface area (Å²) in [5.41, 5.74) is 0.756. The lowest BCUT2D eigenvalue weighted by Crippen LogP contribution is -2.55. The van der Waals surface area contributed by atoms with Crippen LogP contribution in [0.2, 0.25) is 5.15 Å². The lowest BCUT2D eigenvalue weighted by molar-refractivity contribution is 0.0538. The molecular formula is C14H18BrClN6O2S. The van der Waals surface area contributed by atoms with Gasteiger partial charge >= 0.3 is 0 Å². The number of carbonyl (C=O) groups excluding carboxylic acids is 1. The van der Waals surface area contributed by atoms with E-state index < -0.39 is 0 Å². The van der Waals surface area contributed by atoms with Crippen LogP contribution in [-0.2, 0) is 11.2 Å². The Labute approximate surface area is 162 Å². The molecule has 0 bridgehead atoms. The van der Waals surface area contributed by atoms with Crippen LogP contribution < -0.4 is 10.2 Å². The van der Waals surface area contributed by atoms with Crippen molar-refractivity contribution in [2.75, 3.05) is 25.1 Å². The molecule has 136 valence electrons. The molecule has 0 spiro atoms. The van der Waals surface area contributed by atoms with Crippen LogP contribution in [0.3, 0.4) is 0 Å². The first-order chi connectivity index (χ1) is 12.0. The minimum Gasteiger partial charge on any atom is -0.377 e. The first-order valence-corrected chi connectivity index (χ1v) is 9.82. The van der Waals surface area contributed by atoms with E-state index in [0.717, 1.165) is 27.7 Å². The summed E-state index contributed by atoms with van der Waals surface area (Å²) in [6, 6.07) is -0.112. The quantitative estimate of drug-likeness (QED) is 0.727. The molecule has 2 aromatic rings. The first kappa shape index (κ1) is 18.6. The van der Waals surface area contributed by atoms with Gasteiger partial charge in [0.05, 0.1) is 17.8 Å². The number of aromatic amines is 1. The van der Waals surface area contributed by atoms with Crippen molar-refractivity contribution in [3.05, 3.63) is 20.6 Å². The largest absolute Gasteiger partial charge is 0.377 e. The highest BCUT2D eigenvalue weighted by Crippen LogP contribution is 2.27. The summed E-state index contributed by atoms with van der Waals surface area (Å²) in [6.45, 7) is 3.33. The number of anilines is 1. The van der Waals surface area contributed by atoms with Gasteiger partial charge in [0.2, 0.25) is 5.13 Å². The molecule has 3 rings (SSSR count). The van der Waals surface area contributed by atoms with Crippen molar-refractivity contribution in [2.24, 2.45) is 0 Å². The van der Waals surface area contributed by atoms with E-state index in [0.29, 0.717) is 18.1 Å². The predicted octanol–water partition coefficient (Wildman–Crippen LogP) is 2.26. The van der Waals surface area contributed by atoms with Crippen LogP contribution in [0.15, 0.2) is 3.92 Å². The molecule has 3 heterocycles. The molecule has 0 saturated carbocycles. The van der Waals surface area contributed by atoms with Gasteiger partial charge in [-0.15, -0.1) is 10.2 Å². The molecule has 0 aliphatic carbocycles. The maximum Gasteiger partial charge on any atom is 0.287 e. The van der Waals surface area contributed by atoms with Gasteiger partial charge in [-0.25, -0.2) is 4.98 Å². The third kappa shape index (κ3) is 4.13. The third-order valence-corrected chi connectivity index (χ3v) is 5.86. The highest BCUT2D eigenvalue weighted by molar-refractivity contribution is 9.11. The number of hydrogen-bond donors (Lipinski definition) is 2. The van der Waals surface area contributed by atoms with E-state index in [2.05, 4.69) is 46.3 Å². The number of halogens is 2. The van der Waals surface area contributed by atoms with Crippen LogP contribution in [0.25, 0.3) is 0 Å². The second-order valence-corrected chi connectivity index (χ2v) is 8.22. The molecule has 25 heavy (non-hydrogen) atoms. The van der Waals surface area contributed by atoms with E-state index in [-0.39, 0.29) is 23.9 Å². The van der Waals surface area contributed by atoms with Crippen molar-refractivity contribution < 1.29 is 9.53 Å². The molecular weight excluding hydrogens is 432 g/mol. The smallest absolute Gasteiger partial charge is 0.287 e. The van der Waals surface area contributed by atoms with Crippen LogP contribution in [0.5, 0.6) is 0 Å². The highest BCUT2D eigenvalue weighted by Gasteiger charge is 2.32. The average molecular weight is 450 g/mol. The van der Waals surface area contributed by atoms with Crippen molar-refractivity contribution in [2.45, 2.75) is 31.9 Å². The standard InChI is InChI=1S/C14H18BrClN6O2S/c1-3-7-10(16)19-11(17-7)12(23)18-8-4-5-22(6-9(8)24-2)14-21-20-13(15)25-14/h8-9H,3-6H2,1-2H3,(H,17,19)(H,18,23)/t8-,9+/m1/s1. The summed E-state index contributed by atoms with van der Waals surface area (Å²) in [7, 11) is 1.64. The van der Waals surface area contributed by atoms with E-state index in [9.17, 15) is 4.79 Å². The van der Waals surface area contributed by atoms with Crippen molar-refractivity contribution in [3.63, 3.8) is 0 Å². The molecule has 1 aliphatic heterocycles. The maximum absolute atomic E-state index is 12.5. The fourth-order valence-electron chi connectivity index (χ4n) is 2.79. The molecule has 11 heteroatoms. The minimum atomic E-state index is -0.277. The van der Waals surface area contributed by atoms with E-state index in [1.165, 1.54) is 11.3 Å². The van der Waals surface area contributed by atoms with Crippen LogP contribution in [0.1, 0.15) is 29.7 Å². The molecule has 2 atom stereocenters. The molecule has 1 fully saturated rings. The van der Waals surface area contributed by atoms with E-state index >= 15 is 0 Å². The number of piperidine rings is 1. The van der Waals surface area contributed by atoms with Gasteiger partial charge in [0.1, 0.15) is 0 Å². The van der Waals surface area contributed by atoms with E-state index in [4.69, 9.17) is 16.3 Å². The van der Waals surface area contributed by atoms with Crippen molar-refractivity contribution in [1.82, 2.24) is 25.5 Å². The van der Waals surface area contributed by atoms with Gasteiger partial charge in [-0.05, 0) is 28.8 Å². The SMILES string of the molecule is CCc1[nH]c(C(=O)N[C@@H]2CCN(c3nnc(Br)s3)C[C@@H]2OC)nc1Cl. The van der Waals surface area contributed by atoms with Gasteiger partial charge in [-0.3, -0.25) is 4.79 Å². The van der Waals surface area contributed by atoms with Gasteiger partial charge in [0.15, 0.2) is 14.9 Å². The Hall–Kier alpha value is -1.23. The Morgan fingerprint density at radius 3 is 2.96 bits per heavy atom. The number of methoxy groups -OCH3 is 1. The topological polar surface area (TPSA) is 96.0 Å². The van der Waals surface area contributed by atoms with E-state index in [1.54, 1.807) is 7.11 Å². The van der Waals surface area contributed by atoms with Crippen molar-refractivity contribution >= 4 is 49.9 Å². The fourth-order valence-corrected chi connectivity index (χ4v) is 4.17. The molecule has 1 aliphatic rings. The third-order valence-electron chi connectivity index (χ3n) is 4.14. The average Bonchev–Trinajstić information content (AvgIpc) is 3.20. The van der Waals surface area contributed by atoms with Gasteiger partial charge in [-0.2, -0.15) is 0 Å². The molecule has 0 aromatic carbocycles. The lowest BCUT2D eigenvalue weighted by Gasteiger charge is -2.37. The Morgan fingerprint density at radius 2 is 2.36 bits per heavy atom. The summed E-state index contributed by atoms with van der Waals surface area (Å²) < 4.78 is 6.32. The number of amides is 1. The number of aryl methyl sites for hydroxylation is 1. The molecule has 0 radical (unpaired) electrons. The number of ether oxygens (including phenoxy) is 1. The summed E-state index contributed by atoms with van der Waals surface area (Å²) in [4.78, 5) is 21.6. The number of hydrogen-bond acceptors (Lipinski definition) is 7. The summed E-state index contributed by atoms with van der Waals surface area (Å²) in [5, 5.41) is 12.3. The van der Waals surface area contributed by atoms with Crippen LogP contribution in [-0.4, -0.2) is 58.4 Å². The molecule has 2 N–H and O–H groups in total. The van der Waals surface area contributed by atoms with Crippen LogP contribution in [0.4, 0.5) is 5.13 Å². The minimum absolute atomic E-state index is 0.112. The predicted molar refractivity (Wildman–Crippen MR) is 99.5 cm³/mol. The number of imidazole rings is 1. The van der Waals surface area contributed by atoms with E-state index in [1.807, 2.05) is 6.92 Å². The number of aromatic nitrogens is 4. The second kappa shape index (κ2) is 7.98. The number of nitrogens with one attached hydrogen (secondary N) is 2. The summed E-state index contributed by atoms with van der Waals surface area (Å²) in [6.07, 6.45) is 1.27. The van der Waals surface area contributed by atoms with Gasteiger partial charge < -0.3 is 19.9 Å². The zero-order valence-corrected chi connectivity index (χ0v) is 16.9. The molecule has 1 saturated heterocycles. The molecule has 2 aromatic heterocycles. The van der Waals surface area contributed by atoms with Crippen LogP contribution in [0, 0.1) is 0 Å². The second-order valence-electron chi connectivity index (χ2n) is 5.63. The van der Waals surface area contributed by atoms with Gasteiger partial charge in [0.25, 0.3) is 5.91 Å². The first-order valence-electron chi connectivity index (χ1n) is 7.83. The zero-order chi connectivity index (χ0) is 18.0. The number of nitrogens with zero attached hydrogens (tertiary/aromatic N) is 4. The summed E-state index contributed by atoms with van der Waals surface area (Å²) >= 11 is 10.8. The fraction of sp³-hybridized carbons (Fsp3) is 0.571. The number of rotatable bonds is 5. The number of H-pyrrole nitrogens is 1. The van der Waals surface area contributed by atoms with Crippen LogP contribution >= 0.6 is 38.9 Å². The highest BCUT2D eigenvalue weighted by atomic mass is 79.9. The normalized spacial score (nSPS) is 20.7. The van der Waals surface area contributed by atoms with Gasteiger partial charge in [0, 0.05) is 20.2 Å². The summed E-state index contributed by atoms with van der Waals surface area (Å²) in [5.74, 6) is -0.0482. The lowest BCUT2D eigenvalue weighted by atomic mass is 10.0. The molecule has 1 amide bonds. The Kier molecular flexibility index (Phi) is 5.92. The monoisotopic (exact) mass is 448 g/mol. The number of carbonyl (C=O) groups is 1. The Balaban J connectivity index is 1.65. The zero-order valence-electron chi connectivity index (χ0n) is 13.8. The molecule has 8 nitrogen and oxygen atoms in total. The maximum atomic E-state index is 12.5. The van der Waals surface area contributed by atoms with Crippen molar-refractivity contribution in [3.8, 4) is 0 Å². The molecule has 0 unspecified atom stereocenters. The Morgan fingerprint density at radius 1 is 1.56 bits per heavy atom. The van der Waals surface area contributed by atoms with Gasteiger partial charge in [-0.1, -0.05) is 29.9 Å². The van der Waals surface area contributed by atoms with Crippen molar-refractivity contribution in [1.29, 1.82) is 0 Å².